The Hall–Kier alpha value is 0.137. The normalized spacial score (nSPS) is 12.0. The molecule has 2 nitrogen and oxygen atoms in total. The lowest BCUT2D eigenvalue weighted by Gasteiger charge is -2.27. The first-order valence-corrected chi connectivity index (χ1v) is 14.6. The van der Waals surface area contributed by atoms with E-state index in [-0.39, 0.29) is 0 Å². The molecule has 0 saturated carbocycles. The maximum Gasteiger partial charge on any atom is 0.337 e. The van der Waals surface area contributed by atoms with Gasteiger partial charge >= 0.3 is 8.56 Å². The van der Waals surface area contributed by atoms with Crippen LogP contribution >= 0.6 is 0 Å². The van der Waals surface area contributed by atoms with Gasteiger partial charge in [-0.1, -0.05) is 129 Å². The summed E-state index contributed by atoms with van der Waals surface area (Å²) in [6.07, 6.45) is 25.2. The molecule has 0 aliphatic heterocycles. The van der Waals surface area contributed by atoms with Crippen LogP contribution in [0.15, 0.2) is 0 Å². The molecule has 0 aliphatic rings. The lowest BCUT2D eigenvalue weighted by molar-refractivity contribution is 0.238. The summed E-state index contributed by atoms with van der Waals surface area (Å²) in [5, 5.41) is 0. The molecular formula is C24H52O2Si. The quantitative estimate of drug-likeness (QED) is 0.133. The summed E-state index contributed by atoms with van der Waals surface area (Å²) < 4.78 is 11.7. The van der Waals surface area contributed by atoms with Gasteiger partial charge in [-0.05, 0) is 12.1 Å². The molecule has 0 N–H and O–H groups in total. The van der Waals surface area contributed by atoms with Crippen molar-refractivity contribution in [1.82, 2.24) is 0 Å². The predicted molar refractivity (Wildman–Crippen MR) is 124 cm³/mol. The van der Waals surface area contributed by atoms with Crippen molar-refractivity contribution in [2.24, 2.45) is 0 Å². The largest absolute Gasteiger partial charge is 0.398 e. The molecule has 0 heterocycles. The van der Waals surface area contributed by atoms with E-state index in [0.29, 0.717) is 0 Å². The van der Waals surface area contributed by atoms with Gasteiger partial charge in [0, 0.05) is 14.2 Å². The van der Waals surface area contributed by atoms with Crippen molar-refractivity contribution in [3.05, 3.63) is 0 Å². The van der Waals surface area contributed by atoms with E-state index in [1.807, 2.05) is 14.2 Å². The minimum absolute atomic E-state index is 1.17. The lowest BCUT2D eigenvalue weighted by atomic mass is 10.0. The molecule has 27 heavy (non-hydrogen) atoms. The smallest absolute Gasteiger partial charge is 0.337 e. The zero-order chi connectivity index (χ0) is 20.1. The summed E-state index contributed by atoms with van der Waals surface area (Å²) in [5.41, 5.74) is 0. The minimum atomic E-state index is -1.89. The summed E-state index contributed by atoms with van der Waals surface area (Å²) in [6.45, 7) is 4.56. The van der Waals surface area contributed by atoms with E-state index >= 15 is 0 Å². The number of hydrogen-bond acceptors (Lipinski definition) is 2. The Morgan fingerprint density at radius 2 is 0.667 bits per heavy atom. The van der Waals surface area contributed by atoms with Crippen molar-refractivity contribution in [1.29, 1.82) is 0 Å². The second kappa shape index (κ2) is 20.9. The number of hydrogen-bond donors (Lipinski definition) is 0. The highest BCUT2D eigenvalue weighted by molar-refractivity contribution is 6.67. The standard InChI is InChI=1S/C24H52O2Si/c1-5-7-9-10-11-12-13-14-15-16-17-18-19-20-22-24-27(25-3,26-4)23-21-8-6-2/h5-24H2,1-4H3. The van der Waals surface area contributed by atoms with Crippen molar-refractivity contribution in [2.45, 2.75) is 142 Å². The molecule has 3 heteroatoms. The fourth-order valence-electron chi connectivity index (χ4n) is 4.03. The van der Waals surface area contributed by atoms with Crippen molar-refractivity contribution in [3.8, 4) is 0 Å². The molecular weight excluding hydrogens is 348 g/mol. The van der Waals surface area contributed by atoms with Gasteiger partial charge in [-0.25, -0.2) is 0 Å². The van der Waals surface area contributed by atoms with Gasteiger partial charge in [0.25, 0.3) is 0 Å². The molecule has 0 aromatic rings. The fraction of sp³-hybridized carbons (Fsp3) is 1.00. The van der Waals surface area contributed by atoms with E-state index in [0.717, 1.165) is 0 Å². The molecule has 0 atom stereocenters. The maximum absolute atomic E-state index is 5.87. The average Bonchev–Trinajstić information content (AvgIpc) is 2.69. The van der Waals surface area contributed by atoms with Gasteiger partial charge in [-0.2, -0.15) is 0 Å². The first-order valence-electron chi connectivity index (χ1n) is 12.3. The van der Waals surface area contributed by atoms with Gasteiger partial charge in [0.1, 0.15) is 0 Å². The number of unbranched alkanes of at least 4 members (excludes halogenated alkanes) is 16. The highest BCUT2D eigenvalue weighted by Crippen LogP contribution is 2.24. The van der Waals surface area contributed by atoms with Gasteiger partial charge in [0.15, 0.2) is 0 Å². The predicted octanol–water partition coefficient (Wildman–Crippen LogP) is 8.78. The highest BCUT2D eigenvalue weighted by Gasteiger charge is 2.33. The summed E-state index contributed by atoms with van der Waals surface area (Å²) in [6, 6.07) is 2.36. The van der Waals surface area contributed by atoms with E-state index in [2.05, 4.69) is 13.8 Å². The van der Waals surface area contributed by atoms with Crippen LogP contribution in [0.4, 0.5) is 0 Å². The first-order chi connectivity index (χ1) is 13.2. The number of rotatable bonds is 22. The molecule has 0 fully saturated rings. The van der Waals surface area contributed by atoms with Crippen molar-refractivity contribution < 1.29 is 8.85 Å². The van der Waals surface area contributed by atoms with Crippen LogP contribution in [0.3, 0.4) is 0 Å². The zero-order valence-electron chi connectivity index (χ0n) is 19.5. The molecule has 0 aromatic carbocycles. The average molecular weight is 401 g/mol. The third-order valence-electron chi connectivity index (χ3n) is 6.07. The molecule has 0 bridgehead atoms. The second-order valence-electron chi connectivity index (χ2n) is 8.48. The highest BCUT2D eigenvalue weighted by atomic mass is 28.4. The molecule has 0 aromatic heterocycles. The van der Waals surface area contributed by atoms with Crippen LogP contribution < -0.4 is 0 Å². The van der Waals surface area contributed by atoms with Crippen LogP contribution in [-0.4, -0.2) is 22.8 Å². The Balaban J connectivity index is 3.42. The summed E-state index contributed by atoms with van der Waals surface area (Å²) in [5.74, 6) is 0. The molecule has 0 radical (unpaired) electrons. The van der Waals surface area contributed by atoms with Crippen molar-refractivity contribution in [2.75, 3.05) is 14.2 Å². The van der Waals surface area contributed by atoms with Gasteiger partial charge < -0.3 is 8.85 Å². The van der Waals surface area contributed by atoms with E-state index in [9.17, 15) is 0 Å². The first kappa shape index (κ1) is 27.1. The van der Waals surface area contributed by atoms with Crippen molar-refractivity contribution >= 4 is 8.56 Å². The monoisotopic (exact) mass is 400 g/mol. The van der Waals surface area contributed by atoms with Crippen LogP contribution in [0.1, 0.15) is 129 Å². The van der Waals surface area contributed by atoms with Crippen LogP contribution in [0.2, 0.25) is 12.1 Å². The molecule has 0 spiro atoms. The molecule has 0 rings (SSSR count). The molecule has 0 amide bonds. The van der Waals surface area contributed by atoms with Crippen LogP contribution in [0.5, 0.6) is 0 Å². The molecule has 164 valence electrons. The van der Waals surface area contributed by atoms with E-state index in [1.54, 1.807) is 0 Å². The van der Waals surface area contributed by atoms with E-state index < -0.39 is 8.56 Å². The molecule has 0 unspecified atom stereocenters. The van der Waals surface area contributed by atoms with Crippen LogP contribution in [-0.2, 0) is 8.85 Å². The Labute approximate surface area is 173 Å². The SMILES string of the molecule is CCCCCCCCCCCCCCCCC[Si](CCCCC)(OC)OC. The third kappa shape index (κ3) is 16.8. The zero-order valence-corrected chi connectivity index (χ0v) is 20.5. The van der Waals surface area contributed by atoms with Gasteiger partial charge in [-0.3, -0.25) is 0 Å². The fourth-order valence-corrected chi connectivity index (χ4v) is 6.84. The van der Waals surface area contributed by atoms with Gasteiger partial charge in [-0.15, -0.1) is 0 Å². The second-order valence-corrected chi connectivity index (χ2v) is 12.1. The maximum atomic E-state index is 5.87. The Kier molecular flexibility index (Phi) is 21.0. The summed E-state index contributed by atoms with van der Waals surface area (Å²) in [4.78, 5) is 0. The Morgan fingerprint density at radius 3 is 1.00 bits per heavy atom. The van der Waals surface area contributed by atoms with Gasteiger partial charge in [0.2, 0.25) is 0 Å². The topological polar surface area (TPSA) is 18.5 Å². The Morgan fingerprint density at radius 1 is 0.407 bits per heavy atom. The van der Waals surface area contributed by atoms with E-state index in [4.69, 9.17) is 8.85 Å². The summed E-state index contributed by atoms with van der Waals surface area (Å²) in [7, 11) is 1.85. The van der Waals surface area contributed by atoms with E-state index in [1.165, 1.54) is 128 Å². The molecule has 0 aliphatic carbocycles. The minimum Gasteiger partial charge on any atom is -0.398 e. The third-order valence-corrected chi connectivity index (χ3v) is 9.79. The van der Waals surface area contributed by atoms with Crippen LogP contribution in [0, 0.1) is 0 Å². The van der Waals surface area contributed by atoms with Crippen molar-refractivity contribution in [3.63, 3.8) is 0 Å². The van der Waals surface area contributed by atoms with Gasteiger partial charge in [0.05, 0.1) is 0 Å². The lowest BCUT2D eigenvalue weighted by Crippen LogP contribution is -2.39. The van der Waals surface area contributed by atoms with Crippen LogP contribution in [0.25, 0.3) is 0 Å². The molecule has 0 saturated heterocycles. The Bertz CT molecular complexity index is 280. The summed E-state index contributed by atoms with van der Waals surface area (Å²) >= 11 is 0.